The number of rotatable bonds is 2. The second kappa shape index (κ2) is 3.76. The van der Waals surface area contributed by atoms with Gasteiger partial charge in [0.1, 0.15) is 11.5 Å². The van der Waals surface area contributed by atoms with Gasteiger partial charge in [0, 0.05) is 12.0 Å². The fraction of sp³-hybridized carbons (Fsp3) is 0.333. The van der Waals surface area contributed by atoms with E-state index in [1.165, 1.54) is 18.6 Å². The summed E-state index contributed by atoms with van der Waals surface area (Å²) in [5.41, 5.74) is 0.445. The molecule has 1 aromatic carbocycles. The van der Waals surface area contributed by atoms with E-state index in [9.17, 15) is 10.2 Å². The molecule has 3 rings (SSSR count). The van der Waals surface area contributed by atoms with Crippen molar-refractivity contribution in [1.29, 1.82) is 0 Å². The maximum absolute atomic E-state index is 9.68. The minimum absolute atomic E-state index is 0.00461. The van der Waals surface area contributed by atoms with Crippen LogP contribution in [0.25, 0.3) is 11.5 Å². The van der Waals surface area contributed by atoms with Crippen molar-refractivity contribution in [1.82, 2.24) is 10.1 Å². The zero-order chi connectivity index (χ0) is 11.8. The van der Waals surface area contributed by atoms with Crippen molar-refractivity contribution in [2.75, 3.05) is 0 Å². The number of hydrogen-bond acceptors (Lipinski definition) is 5. The molecule has 0 atom stereocenters. The van der Waals surface area contributed by atoms with Gasteiger partial charge in [-0.05, 0) is 25.0 Å². The summed E-state index contributed by atoms with van der Waals surface area (Å²) in [7, 11) is 0. The minimum Gasteiger partial charge on any atom is -0.508 e. The molecule has 5 nitrogen and oxygen atoms in total. The zero-order valence-corrected chi connectivity index (χ0v) is 9.13. The molecule has 0 aliphatic heterocycles. The number of phenols is 2. The second-order valence-electron chi connectivity index (χ2n) is 4.29. The smallest absolute Gasteiger partial charge is 0.261 e. The van der Waals surface area contributed by atoms with Gasteiger partial charge in [-0.1, -0.05) is 11.6 Å². The van der Waals surface area contributed by atoms with Crippen molar-refractivity contribution in [3.63, 3.8) is 0 Å². The molecule has 5 heteroatoms. The number of benzene rings is 1. The van der Waals surface area contributed by atoms with E-state index in [-0.39, 0.29) is 11.5 Å². The molecule has 0 amide bonds. The molecule has 1 saturated carbocycles. The van der Waals surface area contributed by atoms with Crippen LogP contribution in [-0.4, -0.2) is 20.4 Å². The van der Waals surface area contributed by atoms with E-state index >= 15 is 0 Å². The summed E-state index contributed by atoms with van der Waals surface area (Å²) in [5.74, 6) is 1.34. The summed E-state index contributed by atoms with van der Waals surface area (Å²) < 4.78 is 5.13. The third-order valence-electron chi connectivity index (χ3n) is 3.12. The summed E-state index contributed by atoms with van der Waals surface area (Å²) in [4.78, 5) is 4.27. The summed E-state index contributed by atoms with van der Waals surface area (Å²) in [6.45, 7) is 0. The van der Waals surface area contributed by atoms with Gasteiger partial charge in [0.05, 0.1) is 5.56 Å². The van der Waals surface area contributed by atoms with Crippen LogP contribution in [-0.2, 0) is 0 Å². The highest BCUT2D eigenvalue weighted by molar-refractivity contribution is 5.63. The Balaban J connectivity index is 1.94. The Morgan fingerprint density at radius 1 is 1.24 bits per heavy atom. The van der Waals surface area contributed by atoms with E-state index in [0.29, 0.717) is 23.2 Å². The average molecular weight is 232 g/mol. The fourth-order valence-electron chi connectivity index (χ4n) is 1.88. The van der Waals surface area contributed by atoms with Gasteiger partial charge in [0.15, 0.2) is 5.82 Å². The minimum atomic E-state index is -0.0613. The maximum atomic E-state index is 9.68. The van der Waals surface area contributed by atoms with Crippen molar-refractivity contribution >= 4 is 0 Å². The van der Waals surface area contributed by atoms with Crippen LogP contribution in [0.4, 0.5) is 0 Å². The molecule has 0 radical (unpaired) electrons. The quantitative estimate of drug-likeness (QED) is 0.831. The van der Waals surface area contributed by atoms with Gasteiger partial charge in [-0.3, -0.25) is 0 Å². The highest BCUT2D eigenvalue weighted by Crippen LogP contribution is 2.37. The molecule has 1 heterocycles. The molecule has 0 spiro atoms. The van der Waals surface area contributed by atoms with Crippen molar-refractivity contribution in [3.8, 4) is 23.0 Å². The molecule has 0 unspecified atom stereocenters. The zero-order valence-electron chi connectivity index (χ0n) is 9.13. The lowest BCUT2D eigenvalue weighted by atomic mass is 9.85. The van der Waals surface area contributed by atoms with Crippen molar-refractivity contribution in [3.05, 3.63) is 24.0 Å². The normalized spacial score (nSPS) is 15.8. The number of aromatic hydroxyl groups is 2. The molecule has 1 aliphatic rings. The van der Waals surface area contributed by atoms with E-state index < -0.39 is 0 Å². The topological polar surface area (TPSA) is 79.4 Å². The van der Waals surface area contributed by atoms with Crippen LogP contribution in [0.1, 0.15) is 31.0 Å². The molecule has 2 aromatic rings. The predicted molar refractivity (Wildman–Crippen MR) is 59.7 cm³/mol. The lowest BCUT2D eigenvalue weighted by Crippen LogP contribution is -2.10. The van der Waals surface area contributed by atoms with Crippen LogP contribution in [0.2, 0.25) is 0 Å². The fourth-order valence-corrected chi connectivity index (χ4v) is 1.88. The summed E-state index contributed by atoms with van der Waals surface area (Å²) >= 11 is 0. The molecule has 1 fully saturated rings. The first-order chi connectivity index (χ1) is 8.24. The summed E-state index contributed by atoms with van der Waals surface area (Å²) in [5, 5.41) is 22.8. The molecule has 17 heavy (non-hydrogen) atoms. The van der Waals surface area contributed by atoms with E-state index in [1.807, 2.05) is 0 Å². The summed E-state index contributed by atoms with van der Waals surface area (Å²) in [6, 6.07) is 4.29. The Labute approximate surface area is 97.7 Å². The van der Waals surface area contributed by atoms with Gasteiger partial charge < -0.3 is 14.7 Å². The lowest BCUT2D eigenvalue weighted by Gasteiger charge is -2.20. The largest absolute Gasteiger partial charge is 0.508 e. The highest BCUT2D eigenvalue weighted by Gasteiger charge is 2.25. The van der Waals surface area contributed by atoms with Gasteiger partial charge in [0.2, 0.25) is 0 Å². The number of phenolic OH excluding ortho intramolecular Hbond substituents is 2. The Morgan fingerprint density at radius 2 is 2.06 bits per heavy atom. The first-order valence-corrected chi connectivity index (χ1v) is 5.60. The van der Waals surface area contributed by atoms with Gasteiger partial charge in [-0.25, -0.2) is 0 Å². The highest BCUT2D eigenvalue weighted by atomic mass is 16.5. The Bertz CT molecular complexity index is 546. The molecular weight excluding hydrogens is 220 g/mol. The van der Waals surface area contributed by atoms with Crippen LogP contribution in [0.3, 0.4) is 0 Å². The van der Waals surface area contributed by atoms with Crippen LogP contribution >= 0.6 is 0 Å². The molecule has 0 saturated heterocycles. The summed E-state index contributed by atoms with van der Waals surface area (Å²) in [6.07, 6.45) is 3.40. The van der Waals surface area contributed by atoms with E-state index in [1.54, 1.807) is 6.07 Å². The van der Waals surface area contributed by atoms with Gasteiger partial charge >= 0.3 is 0 Å². The first kappa shape index (κ1) is 10.1. The van der Waals surface area contributed by atoms with Crippen LogP contribution in [0, 0.1) is 0 Å². The Hall–Kier alpha value is -2.04. The van der Waals surface area contributed by atoms with E-state index in [0.717, 1.165) is 12.8 Å². The average Bonchev–Trinajstić information content (AvgIpc) is 2.64. The van der Waals surface area contributed by atoms with E-state index in [2.05, 4.69) is 10.1 Å². The van der Waals surface area contributed by atoms with Gasteiger partial charge in [0.25, 0.3) is 5.89 Å². The predicted octanol–water partition coefficient (Wildman–Crippen LogP) is 2.42. The van der Waals surface area contributed by atoms with Gasteiger partial charge in [-0.15, -0.1) is 0 Å². The van der Waals surface area contributed by atoms with Crippen molar-refractivity contribution in [2.24, 2.45) is 0 Å². The molecule has 2 N–H and O–H groups in total. The number of aromatic nitrogens is 2. The Kier molecular flexibility index (Phi) is 2.24. The lowest BCUT2D eigenvalue weighted by molar-refractivity contribution is 0.365. The van der Waals surface area contributed by atoms with Crippen molar-refractivity contribution < 1.29 is 14.7 Å². The van der Waals surface area contributed by atoms with Crippen LogP contribution < -0.4 is 0 Å². The number of hydrogen-bond donors (Lipinski definition) is 2. The molecular formula is C12H12N2O3. The first-order valence-electron chi connectivity index (χ1n) is 5.60. The molecule has 1 aliphatic carbocycles. The van der Waals surface area contributed by atoms with Gasteiger partial charge in [-0.2, -0.15) is 4.98 Å². The third-order valence-corrected chi connectivity index (χ3v) is 3.12. The molecule has 88 valence electrons. The third kappa shape index (κ3) is 1.73. The second-order valence-corrected chi connectivity index (χ2v) is 4.29. The van der Waals surface area contributed by atoms with Crippen molar-refractivity contribution in [2.45, 2.75) is 25.2 Å². The van der Waals surface area contributed by atoms with Crippen LogP contribution in [0.5, 0.6) is 11.5 Å². The molecule has 0 bridgehead atoms. The van der Waals surface area contributed by atoms with E-state index in [4.69, 9.17) is 4.52 Å². The maximum Gasteiger partial charge on any atom is 0.261 e. The standard InChI is InChI=1S/C12H12N2O3/c15-8-4-5-9(10(16)6-8)12-13-11(14-17-12)7-2-1-3-7/h4-7,15-16H,1-3H2. The SMILES string of the molecule is Oc1ccc(-c2nc(C3CCC3)no2)c(O)c1. The Morgan fingerprint density at radius 3 is 2.71 bits per heavy atom. The van der Waals surface area contributed by atoms with Crippen LogP contribution in [0.15, 0.2) is 22.7 Å². The molecule has 1 aromatic heterocycles. The number of nitrogens with zero attached hydrogens (tertiary/aromatic N) is 2. The monoisotopic (exact) mass is 232 g/mol.